The van der Waals surface area contributed by atoms with Gasteiger partial charge in [-0.1, -0.05) is 6.08 Å². The van der Waals surface area contributed by atoms with E-state index >= 15 is 0 Å². The van der Waals surface area contributed by atoms with Gasteiger partial charge in [-0.3, -0.25) is 15.1 Å². The molecule has 0 saturated carbocycles. The molecule has 0 aliphatic heterocycles. The summed E-state index contributed by atoms with van der Waals surface area (Å²) in [4.78, 5) is 14.1. The lowest BCUT2D eigenvalue weighted by atomic mass is 10.1. The zero-order valence-electron chi connectivity index (χ0n) is 8.68. The molecule has 0 amide bonds. The Morgan fingerprint density at radius 1 is 1.40 bits per heavy atom. The average molecular weight is 204 g/mol. The second kappa shape index (κ2) is 5.05. The maximum absolute atomic E-state index is 10.4. The Hall–Kier alpha value is -1.97. The van der Waals surface area contributed by atoms with Crippen LogP contribution in [0.3, 0.4) is 0 Å². The predicted octanol–water partition coefficient (Wildman–Crippen LogP) is 2.59. The van der Waals surface area contributed by atoms with Gasteiger partial charge in [-0.2, -0.15) is 0 Å². The van der Waals surface area contributed by atoms with Gasteiger partial charge in [0.15, 0.2) is 0 Å². The topological polar surface area (TPSA) is 55.5 Å². The maximum atomic E-state index is 10.4. The van der Waals surface area contributed by atoms with Crippen LogP contribution in [0.1, 0.15) is 12.5 Å². The summed E-state index contributed by atoms with van der Waals surface area (Å²) in [6.07, 6.45) is 3.74. The van der Waals surface area contributed by atoms with E-state index in [-0.39, 0.29) is 5.69 Å². The number of hydrogen-bond donors (Lipinski definition) is 0. The molecule has 15 heavy (non-hydrogen) atoms. The zero-order valence-corrected chi connectivity index (χ0v) is 8.68. The minimum absolute atomic E-state index is 0.0923. The monoisotopic (exact) mass is 204 g/mol. The Labute approximate surface area is 88.1 Å². The van der Waals surface area contributed by atoms with Crippen LogP contribution in [0.25, 0.3) is 0 Å². The number of hydrogen-bond acceptors (Lipinski definition) is 3. The van der Waals surface area contributed by atoms with Gasteiger partial charge in [-0.15, -0.1) is 0 Å². The number of nitrogens with zero attached hydrogens (tertiary/aromatic N) is 2. The van der Waals surface area contributed by atoms with Crippen LogP contribution in [0.5, 0.6) is 0 Å². The smallest absolute Gasteiger partial charge is 0.269 e. The fourth-order valence-corrected chi connectivity index (χ4v) is 1.21. The van der Waals surface area contributed by atoms with Crippen molar-refractivity contribution in [3.8, 4) is 0 Å². The largest absolute Gasteiger partial charge is 0.288 e. The van der Waals surface area contributed by atoms with Gasteiger partial charge in [0.1, 0.15) is 0 Å². The van der Waals surface area contributed by atoms with Crippen molar-refractivity contribution in [3.63, 3.8) is 0 Å². The van der Waals surface area contributed by atoms with E-state index in [0.717, 1.165) is 11.3 Å². The second-order valence-electron chi connectivity index (χ2n) is 2.91. The molecule has 0 aliphatic carbocycles. The minimum atomic E-state index is -0.414. The van der Waals surface area contributed by atoms with Gasteiger partial charge in [0.25, 0.3) is 5.69 Å². The predicted molar refractivity (Wildman–Crippen MR) is 60.4 cm³/mol. The van der Waals surface area contributed by atoms with Crippen molar-refractivity contribution in [1.29, 1.82) is 0 Å². The van der Waals surface area contributed by atoms with Gasteiger partial charge in [-0.25, -0.2) is 0 Å². The maximum Gasteiger partial charge on any atom is 0.269 e. The molecule has 0 N–H and O–H groups in total. The molecule has 0 saturated heterocycles. The van der Waals surface area contributed by atoms with Crippen molar-refractivity contribution < 1.29 is 4.92 Å². The van der Waals surface area contributed by atoms with E-state index in [9.17, 15) is 10.1 Å². The summed E-state index contributed by atoms with van der Waals surface area (Å²) in [6.45, 7) is 1.90. The Bertz CT molecular complexity index is 405. The van der Waals surface area contributed by atoms with Gasteiger partial charge >= 0.3 is 0 Å². The molecule has 0 spiro atoms. The van der Waals surface area contributed by atoms with Crippen LogP contribution in [0, 0.1) is 10.1 Å². The molecule has 0 radical (unpaired) electrons. The average Bonchev–Trinajstić information content (AvgIpc) is 2.26. The van der Waals surface area contributed by atoms with Crippen molar-refractivity contribution in [2.24, 2.45) is 4.99 Å². The van der Waals surface area contributed by atoms with Crippen molar-refractivity contribution in [3.05, 3.63) is 52.1 Å². The summed E-state index contributed by atoms with van der Waals surface area (Å²) < 4.78 is 0. The lowest BCUT2D eigenvalue weighted by Crippen LogP contribution is -1.96. The minimum Gasteiger partial charge on any atom is -0.288 e. The van der Waals surface area contributed by atoms with E-state index in [4.69, 9.17) is 0 Å². The van der Waals surface area contributed by atoms with Gasteiger partial charge in [0.05, 0.1) is 10.6 Å². The van der Waals surface area contributed by atoms with Crippen LogP contribution in [0.15, 0.2) is 41.4 Å². The summed E-state index contributed by atoms with van der Waals surface area (Å²) in [7, 11) is 1.69. The number of aliphatic imine (C=N–C) groups is 1. The second-order valence-corrected chi connectivity index (χ2v) is 2.91. The number of nitro benzene ring substituents is 1. The van der Waals surface area contributed by atoms with Crippen LogP contribution >= 0.6 is 0 Å². The van der Waals surface area contributed by atoms with Crippen molar-refractivity contribution >= 4 is 11.4 Å². The number of rotatable bonds is 3. The van der Waals surface area contributed by atoms with Gasteiger partial charge in [-0.05, 0) is 25.1 Å². The molecule has 0 unspecified atom stereocenters. The number of benzene rings is 1. The normalized spacial score (nSPS) is 12.0. The molecule has 0 aromatic heterocycles. The first-order valence-electron chi connectivity index (χ1n) is 4.53. The molecule has 78 valence electrons. The fraction of sp³-hybridized carbons (Fsp3) is 0.182. The molecule has 1 rings (SSSR count). The van der Waals surface area contributed by atoms with Crippen molar-refractivity contribution in [2.45, 2.75) is 6.92 Å². The lowest BCUT2D eigenvalue weighted by molar-refractivity contribution is -0.384. The molecule has 1 aromatic rings. The van der Waals surface area contributed by atoms with Gasteiger partial charge in [0, 0.05) is 24.7 Å². The standard InChI is InChI=1S/C11H12N2O2/c1-3-4-11(12-2)9-5-7-10(8-6-9)13(14)15/h3-8H,1-2H3/b4-3-,12-11?. The Balaban J connectivity index is 3.02. The van der Waals surface area contributed by atoms with E-state index in [2.05, 4.69) is 4.99 Å². The highest BCUT2D eigenvalue weighted by molar-refractivity contribution is 6.08. The zero-order chi connectivity index (χ0) is 11.3. The third-order valence-electron chi connectivity index (χ3n) is 1.94. The highest BCUT2D eigenvalue weighted by Gasteiger charge is 2.05. The summed E-state index contributed by atoms with van der Waals surface area (Å²) in [5, 5.41) is 10.4. The fourth-order valence-electron chi connectivity index (χ4n) is 1.21. The van der Waals surface area contributed by atoms with Gasteiger partial charge in [0.2, 0.25) is 0 Å². The van der Waals surface area contributed by atoms with Crippen LogP contribution < -0.4 is 0 Å². The summed E-state index contributed by atoms with van der Waals surface area (Å²) in [6, 6.07) is 6.34. The molecule has 0 aliphatic rings. The van der Waals surface area contributed by atoms with Crippen molar-refractivity contribution in [1.82, 2.24) is 0 Å². The Kier molecular flexibility index (Phi) is 3.74. The first-order chi connectivity index (χ1) is 7.19. The molecule has 4 nitrogen and oxygen atoms in total. The van der Waals surface area contributed by atoms with Gasteiger partial charge < -0.3 is 0 Å². The van der Waals surface area contributed by atoms with Crippen LogP contribution in [-0.2, 0) is 0 Å². The Morgan fingerprint density at radius 2 is 2.00 bits per heavy atom. The molecule has 0 bridgehead atoms. The molecular weight excluding hydrogens is 192 g/mol. The van der Waals surface area contributed by atoms with Crippen molar-refractivity contribution in [2.75, 3.05) is 7.05 Å². The lowest BCUT2D eigenvalue weighted by Gasteiger charge is -1.99. The quantitative estimate of drug-likeness (QED) is 0.431. The molecule has 0 heterocycles. The van der Waals surface area contributed by atoms with E-state index in [0.29, 0.717) is 0 Å². The third-order valence-corrected chi connectivity index (χ3v) is 1.94. The van der Waals surface area contributed by atoms with E-state index < -0.39 is 4.92 Å². The third kappa shape index (κ3) is 2.74. The van der Waals surface area contributed by atoms with Crippen LogP contribution in [-0.4, -0.2) is 17.7 Å². The molecule has 0 fully saturated rings. The van der Waals surface area contributed by atoms with Crippen LogP contribution in [0.2, 0.25) is 0 Å². The summed E-state index contributed by atoms with van der Waals surface area (Å²) >= 11 is 0. The first-order valence-corrected chi connectivity index (χ1v) is 4.53. The Morgan fingerprint density at radius 3 is 2.40 bits per heavy atom. The molecule has 1 aromatic carbocycles. The number of allylic oxidation sites excluding steroid dienone is 2. The number of non-ortho nitro benzene ring substituents is 1. The molecule has 0 atom stereocenters. The molecular formula is C11H12N2O2. The van der Waals surface area contributed by atoms with E-state index in [1.165, 1.54) is 12.1 Å². The summed E-state index contributed by atoms with van der Waals surface area (Å²) in [5.41, 5.74) is 1.78. The molecule has 4 heteroatoms. The highest BCUT2D eigenvalue weighted by Crippen LogP contribution is 2.12. The highest BCUT2D eigenvalue weighted by atomic mass is 16.6. The van der Waals surface area contributed by atoms with Crippen LogP contribution in [0.4, 0.5) is 5.69 Å². The number of nitro groups is 1. The van der Waals surface area contributed by atoms with E-state index in [1.807, 2.05) is 19.1 Å². The first kappa shape index (κ1) is 11.1. The SMILES string of the molecule is C/C=C\C(=NC)c1ccc([N+](=O)[O-])cc1. The van der Waals surface area contributed by atoms with E-state index in [1.54, 1.807) is 19.2 Å². The summed E-state index contributed by atoms with van der Waals surface area (Å²) in [5.74, 6) is 0.